The fourth-order valence-corrected chi connectivity index (χ4v) is 4.41. The van der Waals surface area contributed by atoms with Gasteiger partial charge in [-0.1, -0.05) is 11.8 Å². The molecule has 1 atom stereocenters. The standard InChI is InChI=1S/C14H17N3OS2/c15-4-1-2-11-8-16-5-3-13(11)14(18)17-9-12-10-19-6-7-20-12/h3,5,8,12H,4,6-7,9-10,15H2,(H,17,18). The smallest absolute Gasteiger partial charge is 0.252 e. The molecule has 4 nitrogen and oxygen atoms in total. The molecule has 2 heterocycles. The van der Waals surface area contributed by atoms with Gasteiger partial charge in [0.1, 0.15) is 0 Å². The molecule has 0 bridgehead atoms. The zero-order valence-electron chi connectivity index (χ0n) is 11.1. The Bertz CT molecular complexity index is 519. The first-order valence-electron chi connectivity index (χ1n) is 6.41. The van der Waals surface area contributed by atoms with Crippen molar-refractivity contribution in [2.24, 2.45) is 5.73 Å². The number of carbonyl (C=O) groups is 1. The first-order valence-corrected chi connectivity index (χ1v) is 8.62. The molecule has 106 valence electrons. The summed E-state index contributed by atoms with van der Waals surface area (Å²) in [6, 6.07) is 1.69. The summed E-state index contributed by atoms with van der Waals surface area (Å²) in [5, 5.41) is 3.48. The van der Waals surface area contributed by atoms with Crippen molar-refractivity contribution >= 4 is 29.4 Å². The molecule has 1 aromatic rings. The molecule has 1 amide bonds. The number of thioether (sulfide) groups is 2. The number of amides is 1. The Morgan fingerprint density at radius 1 is 1.55 bits per heavy atom. The lowest BCUT2D eigenvalue weighted by molar-refractivity contribution is 0.0954. The summed E-state index contributed by atoms with van der Waals surface area (Å²) in [4.78, 5) is 16.2. The number of aromatic nitrogens is 1. The Morgan fingerprint density at radius 2 is 2.45 bits per heavy atom. The number of hydrogen-bond acceptors (Lipinski definition) is 5. The van der Waals surface area contributed by atoms with E-state index in [-0.39, 0.29) is 12.5 Å². The largest absolute Gasteiger partial charge is 0.351 e. The van der Waals surface area contributed by atoms with Crippen molar-refractivity contribution in [2.45, 2.75) is 5.25 Å². The zero-order chi connectivity index (χ0) is 14.2. The van der Waals surface area contributed by atoms with E-state index in [9.17, 15) is 4.79 Å². The highest BCUT2D eigenvalue weighted by Gasteiger charge is 2.16. The highest BCUT2D eigenvalue weighted by Crippen LogP contribution is 2.23. The summed E-state index contributed by atoms with van der Waals surface area (Å²) in [7, 11) is 0. The lowest BCUT2D eigenvalue weighted by atomic mass is 10.1. The second-order valence-corrected chi connectivity index (χ2v) is 6.76. The molecule has 0 radical (unpaired) electrons. The van der Waals surface area contributed by atoms with Gasteiger partial charge in [-0.2, -0.15) is 23.5 Å². The highest BCUT2D eigenvalue weighted by molar-refractivity contribution is 8.06. The van der Waals surface area contributed by atoms with Crippen LogP contribution in [-0.2, 0) is 0 Å². The van der Waals surface area contributed by atoms with Crippen LogP contribution in [0, 0.1) is 11.8 Å². The van der Waals surface area contributed by atoms with Crippen LogP contribution in [-0.4, -0.2) is 46.5 Å². The van der Waals surface area contributed by atoms with Gasteiger partial charge in [0.25, 0.3) is 5.91 Å². The lowest BCUT2D eigenvalue weighted by Crippen LogP contribution is -2.33. The molecule has 0 aromatic carbocycles. The number of hydrogen-bond donors (Lipinski definition) is 2. The van der Waals surface area contributed by atoms with Crippen LogP contribution in [0.1, 0.15) is 15.9 Å². The maximum absolute atomic E-state index is 12.2. The van der Waals surface area contributed by atoms with Gasteiger partial charge in [-0.25, -0.2) is 0 Å². The molecule has 20 heavy (non-hydrogen) atoms. The number of nitrogens with one attached hydrogen (secondary N) is 1. The van der Waals surface area contributed by atoms with Crippen LogP contribution in [0.5, 0.6) is 0 Å². The summed E-state index contributed by atoms with van der Waals surface area (Å²) >= 11 is 3.87. The van der Waals surface area contributed by atoms with E-state index in [0.717, 1.165) is 11.5 Å². The summed E-state index contributed by atoms with van der Waals surface area (Å²) in [6.07, 6.45) is 3.20. The minimum Gasteiger partial charge on any atom is -0.351 e. The van der Waals surface area contributed by atoms with E-state index in [2.05, 4.69) is 22.1 Å². The molecule has 1 fully saturated rings. The van der Waals surface area contributed by atoms with E-state index in [1.807, 2.05) is 23.5 Å². The van der Waals surface area contributed by atoms with Crippen LogP contribution in [0.15, 0.2) is 18.5 Å². The van der Waals surface area contributed by atoms with E-state index in [0.29, 0.717) is 22.9 Å². The van der Waals surface area contributed by atoms with Crippen molar-refractivity contribution in [1.82, 2.24) is 10.3 Å². The van der Waals surface area contributed by atoms with Gasteiger partial charge in [0.05, 0.1) is 17.7 Å². The monoisotopic (exact) mass is 307 g/mol. The van der Waals surface area contributed by atoms with Gasteiger partial charge in [-0.15, -0.1) is 0 Å². The van der Waals surface area contributed by atoms with Crippen LogP contribution in [0.3, 0.4) is 0 Å². The van der Waals surface area contributed by atoms with Crippen LogP contribution >= 0.6 is 23.5 Å². The maximum atomic E-state index is 12.2. The number of nitrogens with two attached hydrogens (primary N) is 1. The molecule has 0 aliphatic carbocycles. The van der Waals surface area contributed by atoms with Crippen LogP contribution in [0.4, 0.5) is 0 Å². The maximum Gasteiger partial charge on any atom is 0.252 e. The third-order valence-electron chi connectivity index (χ3n) is 2.77. The first-order chi connectivity index (χ1) is 9.81. The van der Waals surface area contributed by atoms with Gasteiger partial charge in [-0.3, -0.25) is 9.78 Å². The second-order valence-electron chi connectivity index (χ2n) is 4.20. The molecule has 2 rings (SSSR count). The third-order valence-corrected chi connectivity index (χ3v) is 5.61. The molecule has 1 saturated heterocycles. The predicted octanol–water partition coefficient (Wildman–Crippen LogP) is 0.970. The molecule has 1 unspecified atom stereocenters. The van der Waals surface area contributed by atoms with Gasteiger partial charge >= 0.3 is 0 Å². The number of pyridine rings is 1. The number of carbonyl (C=O) groups excluding carboxylic acids is 1. The normalized spacial score (nSPS) is 17.9. The Morgan fingerprint density at radius 3 is 3.20 bits per heavy atom. The molecule has 0 saturated carbocycles. The van der Waals surface area contributed by atoms with E-state index in [1.54, 1.807) is 18.5 Å². The van der Waals surface area contributed by atoms with Gasteiger partial charge in [0.15, 0.2) is 0 Å². The van der Waals surface area contributed by atoms with E-state index < -0.39 is 0 Å². The van der Waals surface area contributed by atoms with Crippen molar-refractivity contribution in [3.8, 4) is 11.8 Å². The lowest BCUT2D eigenvalue weighted by Gasteiger charge is -2.21. The molecule has 6 heteroatoms. The van der Waals surface area contributed by atoms with Crippen LogP contribution in [0.2, 0.25) is 0 Å². The van der Waals surface area contributed by atoms with Crippen molar-refractivity contribution < 1.29 is 4.79 Å². The SMILES string of the molecule is NCC#Cc1cnccc1C(=O)NCC1CSCCS1. The van der Waals surface area contributed by atoms with Gasteiger partial charge < -0.3 is 11.1 Å². The van der Waals surface area contributed by atoms with E-state index in [1.165, 1.54) is 5.75 Å². The third kappa shape index (κ3) is 4.44. The van der Waals surface area contributed by atoms with Crippen molar-refractivity contribution in [3.05, 3.63) is 29.6 Å². The summed E-state index contributed by atoms with van der Waals surface area (Å²) in [6.45, 7) is 0.967. The zero-order valence-corrected chi connectivity index (χ0v) is 12.7. The van der Waals surface area contributed by atoms with Gasteiger partial charge in [-0.05, 0) is 6.07 Å². The van der Waals surface area contributed by atoms with Gasteiger partial charge in [0, 0.05) is 41.4 Å². The fraction of sp³-hybridized carbons (Fsp3) is 0.429. The minimum absolute atomic E-state index is 0.0927. The molecule has 0 spiro atoms. The average molecular weight is 307 g/mol. The van der Waals surface area contributed by atoms with Crippen LogP contribution in [0.25, 0.3) is 0 Å². The molecular formula is C14H17N3OS2. The molecule has 1 aliphatic heterocycles. The molecular weight excluding hydrogens is 290 g/mol. The van der Waals surface area contributed by atoms with Crippen molar-refractivity contribution in [1.29, 1.82) is 0 Å². The molecule has 1 aromatic heterocycles. The average Bonchev–Trinajstić information content (AvgIpc) is 2.52. The van der Waals surface area contributed by atoms with E-state index >= 15 is 0 Å². The minimum atomic E-state index is -0.0927. The Labute approximate surface area is 127 Å². The Kier molecular flexibility index (Phi) is 6.25. The quantitative estimate of drug-likeness (QED) is 0.815. The van der Waals surface area contributed by atoms with Crippen LogP contribution < -0.4 is 11.1 Å². The summed E-state index contributed by atoms with van der Waals surface area (Å²) in [5.41, 5.74) is 6.55. The topological polar surface area (TPSA) is 68.0 Å². The molecule has 3 N–H and O–H groups in total. The predicted molar refractivity (Wildman–Crippen MR) is 86.1 cm³/mol. The first kappa shape index (κ1) is 15.2. The van der Waals surface area contributed by atoms with E-state index in [4.69, 9.17) is 5.73 Å². The van der Waals surface area contributed by atoms with Crippen molar-refractivity contribution in [2.75, 3.05) is 30.3 Å². The molecule has 1 aliphatic rings. The number of nitrogens with zero attached hydrogens (tertiary/aromatic N) is 1. The van der Waals surface area contributed by atoms with Gasteiger partial charge in [0.2, 0.25) is 0 Å². The summed E-state index contributed by atoms with van der Waals surface area (Å²) in [5.74, 6) is 9.01. The fourth-order valence-electron chi connectivity index (χ4n) is 1.79. The van der Waals surface area contributed by atoms with Crippen molar-refractivity contribution in [3.63, 3.8) is 0 Å². The summed E-state index contributed by atoms with van der Waals surface area (Å²) < 4.78 is 0. The highest BCUT2D eigenvalue weighted by atomic mass is 32.2. The second kappa shape index (κ2) is 8.20. The number of rotatable bonds is 3. The Hall–Kier alpha value is -1.16. The Balaban J connectivity index is 1.97.